The molecule has 0 saturated carbocycles. The molecule has 0 aliphatic carbocycles. The summed E-state index contributed by atoms with van der Waals surface area (Å²) in [5, 5.41) is 7.65. The summed E-state index contributed by atoms with van der Waals surface area (Å²) in [5.41, 5.74) is 2.28. The third kappa shape index (κ3) is 3.59. The smallest absolute Gasteiger partial charge is 0.0729 e. The van der Waals surface area contributed by atoms with Crippen molar-refractivity contribution in [2.75, 3.05) is 5.32 Å². The van der Waals surface area contributed by atoms with Gasteiger partial charge in [0.25, 0.3) is 0 Å². The lowest BCUT2D eigenvalue weighted by molar-refractivity contribution is 0.483. The van der Waals surface area contributed by atoms with Crippen molar-refractivity contribution in [2.24, 2.45) is 5.92 Å². The Hall–Kier alpha value is -1.84. The molecule has 0 atom stereocenters. The van der Waals surface area contributed by atoms with Crippen molar-refractivity contribution in [3.8, 4) is 0 Å². The topological polar surface area (TPSA) is 42.7 Å². The number of nitrogens with one attached hydrogen (secondary N) is 1. The third-order valence-electron chi connectivity index (χ3n) is 2.43. The zero-order chi connectivity index (χ0) is 12.1. The Morgan fingerprint density at radius 1 is 1.29 bits per heavy atom. The second kappa shape index (κ2) is 5.48. The predicted octanol–water partition coefficient (Wildman–Crippen LogP) is 2.55. The fraction of sp³-hybridized carbons (Fsp3) is 0.385. The highest BCUT2D eigenvalue weighted by Crippen LogP contribution is 2.09. The Labute approximate surface area is 102 Å². The zero-order valence-electron chi connectivity index (χ0n) is 10.3. The molecule has 0 aromatic carbocycles. The fourth-order valence-electron chi connectivity index (χ4n) is 1.63. The van der Waals surface area contributed by atoms with Crippen LogP contribution in [0, 0.1) is 5.92 Å². The van der Waals surface area contributed by atoms with E-state index in [1.165, 1.54) is 5.56 Å². The molecule has 0 saturated heterocycles. The van der Waals surface area contributed by atoms with Gasteiger partial charge in [-0.1, -0.05) is 13.8 Å². The van der Waals surface area contributed by atoms with Gasteiger partial charge in [0.1, 0.15) is 0 Å². The molecule has 0 aliphatic rings. The van der Waals surface area contributed by atoms with E-state index < -0.39 is 0 Å². The molecule has 0 spiro atoms. The molecule has 1 N–H and O–H groups in total. The highest BCUT2D eigenvalue weighted by atomic mass is 15.3. The normalized spacial score (nSPS) is 10.8. The number of anilines is 1. The van der Waals surface area contributed by atoms with E-state index in [9.17, 15) is 0 Å². The summed E-state index contributed by atoms with van der Waals surface area (Å²) in [7, 11) is 0. The maximum atomic E-state index is 4.31. The summed E-state index contributed by atoms with van der Waals surface area (Å²) in [4.78, 5) is 3.99. The highest BCUT2D eigenvalue weighted by Gasteiger charge is 2.00. The van der Waals surface area contributed by atoms with Gasteiger partial charge in [-0.2, -0.15) is 5.10 Å². The molecule has 0 unspecified atom stereocenters. The third-order valence-corrected chi connectivity index (χ3v) is 2.43. The van der Waals surface area contributed by atoms with Crippen LogP contribution in [0.3, 0.4) is 0 Å². The first-order chi connectivity index (χ1) is 8.24. The molecular formula is C13H18N4. The fourth-order valence-corrected chi connectivity index (χ4v) is 1.63. The van der Waals surface area contributed by atoms with Crippen molar-refractivity contribution in [3.05, 3.63) is 42.5 Å². The second-order valence-corrected chi connectivity index (χ2v) is 4.55. The number of hydrogen-bond donors (Lipinski definition) is 1. The summed E-state index contributed by atoms with van der Waals surface area (Å²) < 4.78 is 1.97. The van der Waals surface area contributed by atoms with Gasteiger partial charge in [0.2, 0.25) is 0 Å². The predicted molar refractivity (Wildman–Crippen MR) is 68.6 cm³/mol. The van der Waals surface area contributed by atoms with Gasteiger partial charge < -0.3 is 5.32 Å². The van der Waals surface area contributed by atoms with Gasteiger partial charge in [-0.3, -0.25) is 9.67 Å². The minimum Gasteiger partial charge on any atom is -0.378 e. The van der Waals surface area contributed by atoms with Gasteiger partial charge in [0.15, 0.2) is 0 Å². The number of hydrogen-bond acceptors (Lipinski definition) is 3. The molecule has 0 fully saturated rings. The molecule has 0 radical (unpaired) electrons. The molecule has 90 valence electrons. The minimum atomic E-state index is 0.614. The highest BCUT2D eigenvalue weighted by molar-refractivity contribution is 5.38. The molecule has 4 heteroatoms. The Kier molecular flexibility index (Phi) is 3.75. The van der Waals surface area contributed by atoms with E-state index >= 15 is 0 Å². The first kappa shape index (κ1) is 11.6. The largest absolute Gasteiger partial charge is 0.378 e. The number of rotatable bonds is 5. The molecule has 2 aromatic rings. The number of aromatic nitrogens is 3. The van der Waals surface area contributed by atoms with Crippen LogP contribution in [0.4, 0.5) is 5.69 Å². The van der Waals surface area contributed by atoms with Gasteiger partial charge in [-0.15, -0.1) is 0 Å². The van der Waals surface area contributed by atoms with E-state index in [2.05, 4.69) is 29.2 Å². The lowest BCUT2D eigenvalue weighted by Crippen LogP contribution is -2.04. The Balaban J connectivity index is 1.89. The van der Waals surface area contributed by atoms with E-state index in [0.29, 0.717) is 5.92 Å². The monoisotopic (exact) mass is 230 g/mol. The van der Waals surface area contributed by atoms with Crippen LogP contribution in [0.15, 0.2) is 36.9 Å². The van der Waals surface area contributed by atoms with E-state index in [-0.39, 0.29) is 0 Å². The Morgan fingerprint density at radius 3 is 2.76 bits per heavy atom. The summed E-state index contributed by atoms with van der Waals surface area (Å²) >= 11 is 0. The van der Waals surface area contributed by atoms with Crippen LogP contribution in [0.25, 0.3) is 0 Å². The van der Waals surface area contributed by atoms with Crippen LogP contribution < -0.4 is 5.32 Å². The Bertz CT molecular complexity index is 447. The molecule has 17 heavy (non-hydrogen) atoms. The molecule has 0 aliphatic heterocycles. The summed E-state index contributed by atoms with van der Waals surface area (Å²) in [6, 6.07) is 4.01. The zero-order valence-corrected chi connectivity index (χ0v) is 10.3. The van der Waals surface area contributed by atoms with Crippen molar-refractivity contribution >= 4 is 5.69 Å². The van der Waals surface area contributed by atoms with Crippen molar-refractivity contribution in [3.63, 3.8) is 0 Å². The van der Waals surface area contributed by atoms with Gasteiger partial charge in [-0.05, 0) is 23.6 Å². The van der Waals surface area contributed by atoms with Crippen molar-refractivity contribution in [2.45, 2.75) is 26.9 Å². The van der Waals surface area contributed by atoms with Crippen molar-refractivity contribution in [1.29, 1.82) is 0 Å². The van der Waals surface area contributed by atoms with Gasteiger partial charge in [0.05, 0.1) is 11.9 Å². The first-order valence-electron chi connectivity index (χ1n) is 5.89. The molecule has 0 amide bonds. The SMILES string of the molecule is CC(C)Cn1cc(NCc2ccncc2)cn1. The van der Waals surface area contributed by atoms with E-state index in [1.807, 2.05) is 29.2 Å². The Morgan fingerprint density at radius 2 is 2.06 bits per heavy atom. The van der Waals surface area contributed by atoms with E-state index in [0.717, 1.165) is 18.8 Å². The van der Waals surface area contributed by atoms with Crippen molar-refractivity contribution in [1.82, 2.24) is 14.8 Å². The van der Waals surface area contributed by atoms with Gasteiger partial charge in [0, 0.05) is 31.7 Å². The average Bonchev–Trinajstić information content (AvgIpc) is 2.75. The van der Waals surface area contributed by atoms with Crippen LogP contribution in [-0.4, -0.2) is 14.8 Å². The molecule has 4 nitrogen and oxygen atoms in total. The quantitative estimate of drug-likeness (QED) is 0.858. The van der Waals surface area contributed by atoms with Crippen LogP contribution >= 0.6 is 0 Å². The standard InChI is InChI=1S/C13H18N4/c1-11(2)9-17-10-13(8-16-17)15-7-12-3-5-14-6-4-12/h3-6,8,10-11,15H,7,9H2,1-2H3. The van der Waals surface area contributed by atoms with Crippen LogP contribution in [0.5, 0.6) is 0 Å². The van der Waals surface area contributed by atoms with Crippen LogP contribution in [0.2, 0.25) is 0 Å². The molecule has 2 heterocycles. The first-order valence-corrected chi connectivity index (χ1v) is 5.89. The second-order valence-electron chi connectivity index (χ2n) is 4.55. The summed E-state index contributed by atoms with van der Waals surface area (Å²) in [5.74, 6) is 0.614. The van der Waals surface area contributed by atoms with Crippen LogP contribution in [0.1, 0.15) is 19.4 Å². The molecular weight excluding hydrogens is 212 g/mol. The molecule has 2 rings (SSSR count). The lowest BCUT2D eigenvalue weighted by atomic mass is 10.2. The molecule has 0 bridgehead atoms. The van der Waals surface area contributed by atoms with Gasteiger partial charge in [-0.25, -0.2) is 0 Å². The van der Waals surface area contributed by atoms with E-state index in [1.54, 1.807) is 12.4 Å². The summed E-state index contributed by atoms with van der Waals surface area (Å²) in [6.07, 6.45) is 7.52. The average molecular weight is 230 g/mol. The van der Waals surface area contributed by atoms with Gasteiger partial charge >= 0.3 is 0 Å². The minimum absolute atomic E-state index is 0.614. The number of nitrogens with zero attached hydrogens (tertiary/aromatic N) is 3. The lowest BCUT2D eigenvalue weighted by Gasteiger charge is -2.04. The maximum Gasteiger partial charge on any atom is 0.0729 e. The summed E-state index contributed by atoms with van der Waals surface area (Å²) in [6.45, 7) is 6.13. The maximum absolute atomic E-state index is 4.31. The molecule has 2 aromatic heterocycles. The number of pyridine rings is 1. The van der Waals surface area contributed by atoms with Crippen LogP contribution in [-0.2, 0) is 13.1 Å². The van der Waals surface area contributed by atoms with Crippen molar-refractivity contribution < 1.29 is 0 Å². The van der Waals surface area contributed by atoms with E-state index in [4.69, 9.17) is 0 Å².